The van der Waals surface area contributed by atoms with Crippen LogP contribution >= 0.6 is 15.9 Å². The molecule has 6 heteroatoms. The van der Waals surface area contributed by atoms with E-state index >= 15 is 0 Å². The van der Waals surface area contributed by atoms with Gasteiger partial charge in [0.15, 0.2) is 5.54 Å². The Morgan fingerprint density at radius 2 is 1.40 bits per heavy atom. The summed E-state index contributed by atoms with van der Waals surface area (Å²) in [6, 6.07) is 26.0. The van der Waals surface area contributed by atoms with Crippen molar-refractivity contribution in [1.82, 2.24) is 9.78 Å². The first kappa shape index (κ1) is 20.8. The number of imide groups is 1. The molecule has 1 aromatic heterocycles. The third kappa shape index (κ3) is 2.45. The number of aromatic nitrogens is 2. The Hall–Kier alpha value is -3.51. The summed E-state index contributed by atoms with van der Waals surface area (Å²) >= 11 is 3.47. The molecule has 3 aliphatic carbocycles. The Balaban J connectivity index is 1.60. The first-order chi connectivity index (χ1) is 16.9. The summed E-state index contributed by atoms with van der Waals surface area (Å²) in [5.74, 6) is -1.51. The standard InChI is InChI=1S/C29H22BrN3O2/c1-16-15-17(2)33(31-16)29-25-22-9-5-3-7-20(22)24(21-8-4-6-10-23(21)25)26(29)27(34)32(28(29)35)19-13-11-18(30)12-14-19/h3-15,24-26H,1-2H3. The van der Waals surface area contributed by atoms with Crippen LogP contribution in [0.1, 0.15) is 45.5 Å². The number of hydrogen-bond donors (Lipinski definition) is 0. The fourth-order valence-corrected chi connectivity index (χ4v) is 7.17. The van der Waals surface area contributed by atoms with Crippen molar-refractivity contribution in [3.63, 3.8) is 0 Å². The van der Waals surface area contributed by atoms with E-state index in [2.05, 4.69) is 40.2 Å². The van der Waals surface area contributed by atoms with Gasteiger partial charge in [0, 0.05) is 22.0 Å². The minimum Gasteiger partial charge on any atom is -0.274 e. The number of amides is 2. The van der Waals surface area contributed by atoms with E-state index in [4.69, 9.17) is 5.10 Å². The normalized spacial score (nSPS) is 26.0. The van der Waals surface area contributed by atoms with Crippen LogP contribution in [0.15, 0.2) is 83.3 Å². The number of carbonyl (C=O) groups is 2. The minimum atomic E-state index is -1.17. The molecule has 35 heavy (non-hydrogen) atoms. The predicted octanol–water partition coefficient (Wildman–Crippen LogP) is 5.44. The van der Waals surface area contributed by atoms with Crippen LogP contribution in [0, 0.1) is 19.8 Å². The molecule has 0 saturated carbocycles. The molecule has 0 spiro atoms. The molecule has 1 fully saturated rings. The molecule has 8 rings (SSSR count). The highest BCUT2D eigenvalue weighted by atomic mass is 79.9. The molecular weight excluding hydrogens is 502 g/mol. The minimum absolute atomic E-state index is 0.163. The molecule has 1 saturated heterocycles. The van der Waals surface area contributed by atoms with Gasteiger partial charge in [0.1, 0.15) is 0 Å². The molecule has 2 atom stereocenters. The van der Waals surface area contributed by atoms with Crippen molar-refractivity contribution in [3.05, 3.63) is 117 Å². The van der Waals surface area contributed by atoms with E-state index in [0.29, 0.717) is 5.69 Å². The smallest absolute Gasteiger partial charge is 0.263 e. The maximum absolute atomic E-state index is 14.8. The number of nitrogens with zero attached hydrogens (tertiary/aromatic N) is 3. The summed E-state index contributed by atoms with van der Waals surface area (Å²) in [6.07, 6.45) is 0. The fraction of sp³-hybridized carbons (Fsp3) is 0.207. The number of benzene rings is 3. The van der Waals surface area contributed by atoms with E-state index in [1.807, 2.05) is 73.1 Å². The molecule has 2 heterocycles. The Labute approximate surface area is 211 Å². The van der Waals surface area contributed by atoms with E-state index in [-0.39, 0.29) is 23.7 Å². The van der Waals surface area contributed by atoms with Crippen LogP contribution in [0.2, 0.25) is 0 Å². The summed E-state index contributed by atoms with van der Waals surface area (Å²) in [6.45, 7) is 3.91. The third-order valence-electron chi connectivity index (χ3n) is 8.01. The molecule has 4 aliphatic rings. The Morgan fingerprint density at radius 1 is 0.829 bits per heavy atom. The van der Waals surface area contributed by atoms with Crippen molar-refractivity contribution >= 4 is 33.4 Å². The first-order valence-corrected chi connectivity index (χ1v) is 12.6. The number of halogens is 1. The lowest BCUT2D eigenvalue weighted by atomic mass is 9.51. The highest BCUT2D eigenvalue weighted by Gasteiger charge is 2.73. The first-order valence-electron chi connectivity index (χ1n) is 11.8. The predicted molar refractivity (Wildman–Crippen MR) is 136 cm³/mol. The van der Waals surface area contributed by atoms with E-state index in [1.54, 1.807) is 0 Å². The summed E-state index contributed by atoms with van der Waals surface area (Å²) in [4.78, 5) is 30.6. The second-order valence-corrected chi connectivity index (χ2v) is 10.7. The van der Waals surface area contributed by atoms with E-state index in [9.17, 15) is 9.59 Å². The monoisotopic (exact) mass is 523 g/mol. The summed E-state index contributed by atoms with van der Waals surface area (Å²) in [5.41, 5.74) is 5.63. The zero-order valence-corrected chi connectivity index (χ0v) is 20.9. The van der Waals surface area contributed by atoms with E-state index < -0.39 is 11.5 Å². The van der Waals surface area contributed by atoms with Gasteiger partial charge in [-0.15, -0.1) is 0 Å². The highest BCUT2D eigenvalue weighted by Crippen LogP contribution is 2.66. The van der Waals surface area contributed by atoms with Crippen LogP contribution in [0.5, 0.6) is 0 Å². The van der Waals surface area contributed by atoms with Gasteiger partial charge in [0.2, 0.25) is 5.91 Å². The van der Waals surface area contributed by atoms with Crippen molar-refractivity contribution in [2.75, 3.05) is 4.90 Å². The second-order valence-electron chi connectivity index (χ2n) is 9.77. The molecule has 2 unspecified atom stereocenters. The number of anilines is 1. The Morgan fingerprint density at radius 3 is 1.94 bits per heavy atom. The SMILES string of the molecule is Cc1cc(C)n(C23C(=O)N(c4ccc(Br)cc4)C(=O)C2C2c4ccccc4C3c3ccccc32)n1. The molecular formula is C29H22BrN3O2. The van der Waals surface area contributed by atoms with Crippen molar-refractivity contribution in [2.24, 2.45) is 5.92 Å². The van der Waals surface area contributed by atoms with Gasteiger partial charge in [-0.05, 0) is 66.4 Å². The van der Waals surface area contributed by atoms with Gasteiger partial charge in [0.05, 0.1) is 17.3 Å². The highest BCUT2D eigenvalue weighted by molar-refractivity contribution is 9.10. The number of carbonyl (C=O) groups excluding carboxylic acids is 2. The van der Waals surface area contributed by atoms with Gasteiger partial charge in [0.25, 0.3) is 5.91 Å². The number of hydrogen-bond acceptors (Lipinski definition) is 3. The summed E-state index contributed by atoms with van der Waals surface area (Å²) < 4.78 is 2.77. The van der Waals surface area contributed by atoms with E-state index in [0.717, 1.165) is 38.1 Å². The van der Waals surface area contributed by atoms with Crippen molar-refractivity contribution in [3.8, 4) is 0 Å². The molecule has 172 valence electrons. The van der Waals surface area contributed by atoms with Crippen LogP contribution in [0.3, 0.4) is 0 Å². The van der Waals surface area contributed by atoms with Gasteiger partial charge in [-0.3, -0.25) is 14.3 Å². The quantitative estimate of drug-likeness (QED) is 0.329. The van der Waals surface area contributed by atoms with Crippen molar-refractivity contribution < 1.29 is 9.59 Å². The van der Waals surface area contributed by atoms with Crippen LogP contribution in [-0.4, -0.2) is 21.6 Å². The summed E-state index contributed by atoms with van der Waals surface area (Å²) in [7, 11) is 0. The maximum Gasteiger partial charge on any atom is 0.263 e. The zero-order chi connectivity index (χ0) is 24.1. The molecule has 3 aromatic carbocycles. The lowest BCUT2D eigenvalue weighted by Crippen LogP contribution is -2.58. The maximum atomic E-state index is 14.8. The number of rotatable bonds is 2. The van der Waals surface area contributed by atoms with E-state index in [1.165, 1.54) is 4.90 Å². The molecule has 0 radical (unpaired) electrons. The van der Waals surface area contributed by atoms with Crippen LogP contribution < -0.4 is 4.90 Å². The molecule has 5 nitrogen and oxygen atoms in total. The van der Waals surface area contributed by atoms with Gasteiger partial charge < -0.3 is 0 Å². The topological polar surface area (TPSA) is 55.2 Å². The molecule has 2 bridgehead atoms. The lowest BCUT2D eigenvalue weighted by Gasteiger charge is -2.53. The Kier molecular flexibility index (Phi) is 4.17. The average molecular weight is 524 g/mol. The zero-order valence-electron chi connectivity index (χ0n) is 19.3. The van der Waals surface area contributed by atoms with Crippen LogP contribution in [0.25, 0.3) is 0 Å². The Bertz CT molecular complexity index is 1510. The molecule has 2 amide bonds. The van der Waals surface area contributed by atoms with Gasteiger partial charge >= 0.3 is 0 Å². The third-order valence-corrected chi connectivity index (χ3v) is 8.54. The number of aryl methyl sites for hydroxylation is 2. The largest absolute Gasteiger partial charge is 0.274 e. The summed E-state index contributed by atoms with van der Waals surface area (Å²) in [5, 5.41) is 4.87. The average Bonchev–Trinajstić information content (AvgIpc) is 3.33. The second kappa shape index (κ2) is 7.01. The molecule has 4 aromatic rings. The van der Waals surface area contributed by atoms with Gasteiger partial charge in [-0.2, -0.15) is 5.10 Å². The molecule has 0 N–H and O–H groups in total. The van der Waals surface area contributed by atoms with Gasteiger partial charge in [-0.25, -0.2) is 4.90 Å². The van der Waals surface area contributed by atoms with Crippen molar-refractivity contribution in [2.45, 2.75) is 31.2 Å². The van der Waals surface area contributed by atoms with Gasteiger partial charge in [-0.1, -0.05) is 64.5 Å². The lowest BCUT2D eigenvalue weighted by molar-refractivity contribution is -0.129. The van der Waals surface area contributed by atoms with Crippen LogP contribution in [-0.2, 0) is 15.1 Å². The fourth-order valence-electron chi connectivity index (χ4n) is 6.90. The van der Waals surface area contributed by atoms with Crippen LogP contribution in [0.4, 0.5) is 5.69 Å². The van der Waals surface area contributed by atoms with Crippen molar-refractivity contribution in [1.29, 1.82) is 0 Å². The molecule has 1 aliphatic heterocycles.